The molecule has 2 atom stereocenters. The number of carbonyl (C=O) groups excluding carboxylic acids is 1. The predicted octanol–water partition coefficient (Wildman–Crippen LogP) is 8.56. The first-order chi connectivity index (χ1) is 20.1. The van der Waals surface area contributed by atoms with E-state index in [0.717, 1.165) is 28.8 Å². The van der Waals surface area contributed by atoms with Crippen molar-refractivity contribution in [2.24, 2.45) is 11.1 Å². The molecule has 0 radical (unpaired) electrons. The second-order valence-corrected chi connectivity index (χ2v) is 12.7. The first kappa shape index (κ1) is 29.4. The Hall–Kier alpha value is -4.13. The first-order valence-corrected chi connectivity index (χ1v) is 15.1. The van der Waals surface area contributed by atoms with Crippen LogP contribution in [0.25, 0.3) is 22.4 Å². The van der Waals surface area contributed by atoms with Crippen LogP contribution in [0, 0.1) is 12.3 Å². The number of aryl methyl sites for hydroxylation is 1. The summed E-state index contributed by atoms with van der Waals surface area (Å²) in [6.07, 6.45) is 4.57. The van der Waals surface area contributed by atoms with Crippen molar-refractivity contribution in [3.63, 3.8) is 0 Å². The number of pyridine rings is 1. The smallest absolute Gasteiger partial charge is 0.223 e. The van der Waals surface area contributed by atoms with E-state index in [1.165, 1.54) is 40.5 Å². The van der Waals surface area contributed by atoms with Gasteiger partial charge in [0.05, 0.1) is 11.2 Å². The highest BCUT2D eigenvalue weighted by Crippen LogP contribution is 2.53. The fourth-order valence-corrected chi connectivity index (χ4v) is 6.75. The number of rotatable bonds is 4. The summed E-state index contributed by atoms with van der Waals surface area (Å²) in [5.41, 5.74) is 16.1. The maximum atomic E-state index is 11.0. The molecule has 42 heavy (non-hydrogen) atoms. The first-order valence-electron chi connectivity index (χ1n) is 14.3. The number of fused-ring (bicyclic) bond motifs is 1. The highest BCUT2D eigenvalue weighted by atomic mass is 32.1. The van der Waals surface area contributed by atoms with E-state index >= 15 is 0 Å². The number of carbonyl (C=O) groups is 1. The summed E-state index contributed by atoms with van der Waals surface area (Å²) in [5, 5.41) is 5.25. The molecule has 0 fully saturated rings. The van der Waals surface area contributed by atoms with Crippen molar-refractivity contribution in [2.75, 3.05) is 5.32 Å². The van der Waals surface area contributed by atoms with E-state index in [1.54, 1.807) is 6.20 Å². The standard InChI is InChI=1S/C20H25N.C16H13N3OS/c1-14-9-5-7-11-17(14)20(21)13-19(3,4)15(2)16-10-6-8-12-18(16)20;1-11(20)18-16-19-15(10-21-16)13-5-2-4-12(8-13)14-6-3-7-17-9-14/h5-12,15H,13,21H2,1-4H3;2-10H,1H3,(H,18,19,20). The average Bonchev–Trinajstić information content (AvgIpc) is 3.45. The molecular formula is C36H38N4OS. The molecule has 3 N–H and O–H groups in total. The lowest BCUT2D eigenvalue weighted by atomic mass is 9.58. The molecule has 5 aromatic rings. The molecule has 0 saturated carbocycles. The zero-order valence-corrected chi connectivity index (χ0v) is 25.7. The highest BCUT2D eigenvalue weighted by molar-refractivity contribution is 7.14. The van der Waals surface area contributed by atoms with Gasteiger partial charge in [0.1, 0.15) is 0 Å². The van der Waals surface area contributed by atoms with Gasteiger partial charge in [0.15, 0.2) is 5.13 Å². The van der Waals surface area contributed by atoms with Gasteiger partial charge in [-0.05, 0) is 64.6 Å². The van der Waals surface area contributed by atoms with Gasteiger partial charge in [-0.1, -0.05) is 93.6 Å². The van der Waals surface area contributed by atoms with Crippen molar-refractivity contribution < 1.29 is 4.79 Å². The lowest BCUT2D eigenvalue weighted by Gasteiger charge is -2.48. The molecule has 6 rings (SSSR count). The zero-order valence-electron chi connectivity index (χ0n) is 24.9. The summed E-state index contributed by atoms with van der Waals surface area (Å²) in [5.74, 6) is 0.411. The van der Waals surface area contributed by atoms with Gasteiger partial charge in [-0.25, -0.2) is 4.98 Å². The Morgan fingerprint density at radius 1 is 0.929 bits per heavy atom. The summed E-state index contributed by atoms with van der Waals surface area (Å²) in [6.45, 7) is 10.7. The van der Waals surface area contributed by atoms with E-state index < -0.39 is 5.54 Å². The maximum absolute atomic E-state index is 11.0. The third-order valence-electron chi connectivity index (χ3n) is 8.38. The number of thiazole rings is 1. The van der Waals surface area contributed by atoms with Crippen LogP contribution in [0.2, 0.25) is 0 Å². The summed E-state index contributed by atoms with van der Waals surface area (Å²) < 4.78 is 0. The van der Waals surface area contributed by atoms with Gasteiger partial charge in [0.2, 0.25) is 5.91 Å². The second kappa shape index (κ2) is 12.0. The Kier molecular flexibility index (Phi) is 8.39. The quantitative estimate of drug-likeness (QED) is 0.225. The highest BCUT2D eigenvalue weighted by Gasteiger charge is 2.46. The predicted molar refractivity (Wildman–Crippen MR) is 174 cm³/mol. The van der Waals surface area contributed by atoms with Gasteiger partial charge in [0.25, 0.3) is 0 Å². The average molecular weight is 575 g/mol. The molecule has 1 aliphatic carbocycles. The van der Waals surface area contributed by atoms with E-state index in [9.17, 15) is 4.79 Å². The van der Waals surface area contributed by atoms with Crippen LogP contribution < -0.4 is 11.1 Å². The molecule has 1 amide bonds. The van der Waals surface area contributed by atoms with Gasteiger partial charge in [-0.15, -0.1) is 11.3 Å². The van der Waals surface area contributed by atoms with Crippen LogP contribution >= 0.6 is 11.3 Å². The van der Waals surface area contributed by atoms with Gasteiger partial charge in [-0.2, -0.15) is 0 Å². The number of nitrogens with zero attached hydrogens (tertiary/aromatic N) is 2. The minimum absolute atomic E-state index is 0.111. The molecule has 2 aromatic heterocycles. The molecule has 0 saturated heterocycles. The summed E-state index contributed by atoms with van der Waals surface area (Å²) >= 11 is 1.42. The zero-order chi connectivity index (χ0) is 29.9. The largest absolute Gasteiger partial charge is 0.318 e. The van der Waals surface area contributed by atoms with Gasteiger partial charge >= 0.3 is 0 Å². The van der Waals surface area contributed by atoms with Crippen molar-refractivity contribution in [2.45, 2.75) is 52.5 Å². The van der Waals surface area contributed by atoms with Crippen molar-refractivity contribution >= 4 is 22.4 Å². The maximum Gasteiger partial charge on any atom is 0.223 e. The normalized spacial score (nSPS) is 18.8. The molecule has 1 aliphatic rings. The molecule has 3 aromatic carbocycles. The summed E-state index contributed by atoms with van der Waals surface area (Å²) in [6, 6.07) is 29.3. The fourth-order valence-electron chi connectivity index (χ4n) is 5.99. The molecule has 6 heteroatoms. The van der Waals surface area contributed by atoms with Crippen LogP contribution in [0.3, 0.4) is 0 Å². The number of aromatic nitrogens is 2. The fraction of sp³-hybridized carbons (Fsp3) is 0.250. The molecule has 214 valence electrons. The Bertz CT molecular complexity index is 1690. The van der Waals surface area contributed by atoms with Crippen LogP contribution in [0.15, 0.2) is 103 Å². The van der Waals surface area contributed by atoms with Gasteiger partial charge < -0.3 is 11.1 Å². The molecular weight excluding hydrogens is 536 g/mol. The molecule has 5 nitrogen and oxygen atoms in total. The molecule has 2 heterocycles. The number of hydrogen-bond acceptors (Lipinski definition) is 5. The van der Waals surface area contributed by atoms with E-state index in [0.29, 0.717) is 11.0 Å². The summed E-state index contributed by atoms with van der Waals surface area (Å²) in [7, 11) is 0. The monoisotopic (exact) mass is 574 g/mol. The van der Waals surface area contributed by atoms with Crippen LogP contribution in [-0.2, 0) is 10.3 Å². The van der Waals surface area contributed by atoms with E-state index in [2.05, 4.69) is 97.6 Å². The van der Waals surface area contributed by atoms with Crippen LogP contribution in [0.1, 0.15) is 62.3 Å². The van der Waals surface area contributed by atoms with Gasteiger partial charge in [-0.3, -0.25) is 9.78 Å². The minimum atomic E-state index is -0.391. The van der Waals surface area contributed by atoms with Crippen LogP contribution in [0.4, 0.5) is 5.13 Å². The number of nitrogens with two attached hydrogens (primary N) is 1. The Labute approximate surface area is 252 Å². The summed E-state index contributed by atoms with van der Waals surface area (Å²) in [4.78, 5) is 19.6. The number of nitrogens with one attached hydrogen (secondary N) is 1. The Balaban J connectivity index is 0.000000168. The third-order valence-corrected chi connectivity index (χ3v) is 9.14. The SMILES string of the molecule is CC(=O)Nc1nc(-c2cccc(-c3cccnc3)c2)cs1.Cc1ccccc1C1(N)CC(C)(C)C(C)c2ccccc21. The lowest BCUT2D eigenvalue weighted by molar-refractivity contribution is -0.114. The third kappa shape index (κ3) is 6.06. The van der Waals surface area contributed by atoms with Crippen LogP contribution in [-0.4, -0.2) is 15.9 Å². The van der Waals surface area contributed by atoms with Crippen molar-refractivity contribution in [1.29, 1.82) is 0 Å². The van der Waals surface area contributed by atoms with Crippen molar-refractivity contribution in [3.8, 4) is 22.4 Å². The number of benzene rings is 3. The number of hydrogen-bond donors (Lipinski definition) is 2. The topological polar surface area (TPSA) is 80.9 Å². The molecule has 0 spiro atoms. The van der Waals surface area contributed by atoms with E-state index in [4.69, 9.17) is 5.73 Å². The van der Waals surface area contributed by atoms with Crippen molar-refractivity contribution in [1.82, 2.24) is 9.97 Å². The van der Waals surface area contributed by atoms with E-state index in [1.807, 2.05) is 41.9 Å². The Morgan fingerprint density at radius 3 is 2.33 bits per heavy atom. The van der Waals surface area contributed by atoms with Gasteiger partial charge in [0, 0.05) is 35.8 Å². The van der Waals surface area contributed by atoms with Crippen molar-refractivity contribution in [3.05, 3.63) is 125 Å². The minimum Gasteiger partial charge on any atom is -0.318 e. The lowest BCUT2D eigenvalue weighted by Crippen LogP contribution is -2.48. The number of amides is 1. The van der Waals surface area contributed by atoms with Crippen LogP contribution in [0.5, 0.6) is 0 Å². The Morgan fingerprint density at radius 2 is 1.62 bits per heavy atom. The molecule has 2 unspecified atom stereocenters. The second-order valence-electron chi connectivity index (χ2n) is 11.8. The number of anilines is 1. The molecule has 0 bridgehead atoms. The molecule has 0 aliphatic heterocycles. The van der Waals surface area contributed by atoms with E-state index in [-0.39, 0.29) is 11.3 Å².